The minimum atomic E-state index is -6.00. The molecule has 1 rings (SSSR count). The number of carboxylic acid groups (broad SMARTS) is 1. The van der Waals surface area contributed by atoms with Crippen LogP contribution in [-0.4, -0.2) is 32.8 Å². The Balaban J connectivity index is -0.0000000714. The van der Waals surface area contributed by atoms with Crippen LogP contribution in [0.25, 0.3) is 0 Å². The van der Waals surface area contributed by atoms with E-state index in [-0.39, 0.29) is 26.0 Å². The van der Waals surface area contributed by atoms with Gasteiger partial charge in [-0.05, 0) is 12.1 Å². The van der Waals surface area contributed by atoms with Gasteiger partial charge in [0.05, 0.1) is 6.26 Å². The largest absolute Gasteiger partial charge is 1.00 e. The van der Waals surface area contributed by atoms with Gasteiger partial charge in [-0.3, -0.25) is 0 Å². The van der Waals surface area contributed by atoms with Crippen molar-refractivity contribution in [3.63, 3.8) is 0 Å². The van der Waals surface area contributed by atoms with Crippen molar-refractivity contribution in [2.75, 3.05) is 0 Å². The average Bonchev–Trinajstić information content (AvgIpc) is 2.59. The van der Waals surface area contributed by atoms with E-state index < -0.39 is 27.7 Å². The van der Waals surface area contributed by atoms with Crippen molar-refractivity contribution in [1.82, 2.24) is 0 Å². The van der Waals surface area contributed by atoms with Crippen molar-refractivity contribution in [3.05, 3.63) is 24.2 Å². The van der Waals surface area contributed by atoms with Gasteiger partial charge in [0.1, 0.15) is 0 Å². The molecule has 0 spiro atoms. The van der Waals surface area contributed by atoms with Crippen molar-refractivity contribution < 1.29 is 86.4 Å². The molecule has 0 radical (unpaired) electrons. The van der Waals surface area contributed by atoms with Crippen LogP contribution in [0, 0.1) is 0 Å². The monoisotopic (exact) mass is 381 g/mol. The van der Waals surface area contributed by atoms with E-state index in [0.717, 1.165) is 0 Å². The summed E-state index contributed by atoms with van der Waals surface area (Å²) in [5.74, 6) is -1.06. The molecule has 1 N–H and O–H groups in total. The Kier molecular flexibility index (Phi) is 16.6. The normalized spacial score (nSPS) is 10.5. The van der Waals surface area contributed by atoms with Crippen LogP contribution in [0.3, 0.4) is 0 Å². The maximum Gasteiger partial charge on any atom is 1.00 e. The minimum Gasteiger partial charge on any atom is -1.00 e. The number of hydrogen-bond donors (Lipinski definition) is 1. The predicted molar refractivity (Wildman–Crippen MR) is 57.3 cm³/mol. The summed E-state index contributed by atoms with van der Waals surface area (Å²) in [5, 5.41) is 8.18. The Hall–Kier alpha value is -1.30. The predicted octanol–water partition coefficient (Wildman–Crippen LogP) is 1.99. The molecule has 0 aromatic carbocycles. The van der Waals surface area contributed by atoms with E-state index in [0.29, 0.717) is 0 Å². The first-order valence-corrected chi connectivity index (χ1v) is 4.69. The molecule has 0 fully saturated rings. The van der Waals surface area contributed by atoms with Gasteiger partial charge in [-0.1, -0.05) is 0 Å². The molecule has 0 saturated carbocycles. The van der Waals surface area contributed by atoms with E-state index in [1.54, 1.807) is 0 Å². The van der Waals surface area contributed by atoms with Gasteiger partial charge in [0.2, 0.25) is 5.76 Å². The van der Waals surface area contributed by atoms with E-state index >= 15 is 0 Å². The molecule has 19 heteroatoms. The van der Waals surface area contributed by atoms with Gasteiger partial charge < -0.3 is 62.7 Å². The zero-order valence-corrected chi connectivity index (χ0v) is 11.3. The van der Waals surface area contributed by atoms with E-state index in [2.05, 4.69) is 4.42 Å². The van der Waals surface area contributed by atoms with Crippen molar-refractivity contribution in [3.8, 4) is 0 Å². The zero-order chi connectivity index (χ0) is 19.5. The molecule has 1 aromatic rings. The molecule has 0 bridgehead atoms. The third-order valence-electron chi connectivity index (χ3n) is 0.732. The van der Waals surface area contributed by atoms with Gasteiger partial charge in [-0.25, -0.2) is 4.79 Å². The molecular formula is C5H5B3F12LiO3-3. The second-order valence-electron chi connectivity index (χ2n) is 2.77. The fourth-order valence-electron chi connectivity index (χ4n) is 0.400. The quantitative estimate of drug-likeness (QED) is 0.599. The van der Waals surface area contributed by atoms with Crippen LogP contribution in [0.5, 0.6) is 0 Å². The maximum absolute atomic E-state index is 9.97. The molecule has 0 amide bonds. The molecule has 0 aliphatic heterocycles. The summed E-state index contributed by atoms with van der Waals surface area (Å²) in [6, 6.07) is 2.92. The Morgan fingerprint density at radius 3 is 1.17 bits per heavy atom. The van der Waals surface area contributed by atoms with E-state index in [1.807, 2.05) is 0 Å². The van der Waals surface area contributed by atoms with Gasteiger partial charge in [0, 0.05) is 0 Å². The summed E-state index contributed by atoms with van der Waals surface area (Å²) in [7, 11) is -18.0. The van der Waals surface area contributed by atoms with Crippen LogP contribution in [0.2, 0.25) is 0 Å². The van der Waals surface area contributed by atoms with Crippen LogP contribution >= 0.6 is 0 Å². The molecule has 0 unspecified atom stereocenters. The Labute approximate surface area is 139 Å². The van der Waals surface area contributed by atoms with Crippen LogP contribution in [0.4, 0.5) is 51.8 Å². The number of carbonyl (C=O) groups is 1. The van der Waals surface area contributed by atoms with Gasteiger partial charge in [-0.2, -0.15) is 0 Å². The summed E-state index contributed by atoms with van der Waals surface area (Å²) in [5.41, 5.74) is 0. The summed E-state index contributed by atoms with van der Waals surface area (Å²) >= 11 is 0. The third kappa shape index (κ3) is 85.4. The summed E-state index contributed by atoms with van der Waals surface area (Å²) in [6.45, 7) is 0. The molecule has 1 heterocycles. The fraction of sp³-hybridized carbons (Fsp3) is 0. The number of aromatic carboxylic acids is 1. The van der Waals surface area contributed by atoms with Crippen LogP contribution < -0.4 is 18.9 Å². The topological polar surface area (TPSA) is 50.4 Å². The van der Waals surface area contributed by atoms with Gasteiger partial charge in [-0.15, -0.1) is 0 Å². The molecule has 3 nitrogen and oxygen atoms in total. The Morgan fingerprint density at radius 1 is 0.833 bits per heavy atom. The molecule has 24 heavy (non-hydrogen) atoms. The maximum atomic E-state index is 9.97. The Bertz CT molecular complexity index is 375. The number of rotatable bonds is 1. The smallest absolute Gasteiger partial charge is 1.00 e. The van der Waals surface area contributed by atoms with Crippen molar-refractivity contribution in [2.24, 2.45) is 0 Å². The van der Waals surface area contributed by atoms with Crippen LogP contribution in [0.1, 0.15) is 12.0 Å². The molecule has 0 aliphatic carbocycles. The second kappa shape index (κ2) is 13.0. The van der Waals surface area contributed by atoms with Crippen LogP contribution in [-0.2, 0) is 0 Å². The summed E-state index contributed by atoms with van der Waals surface area (Å²) in [6.07, 6.45) is 1.32. The Morgan fingerprint density at radius 2 is 1.08 bits per heavy atom. The van der Waals surface area contributed by atoms with E-state index in [9.17, 15) is 56.6 Å². The first kappa shape index (κ1) is 30.6. The molecule has 1 aromatic heterocycles. The second-order valence-corrected chi connectivity index (χ2v) is 2.77. The summed E-state index contributed by atoms with van der Waals surface area (Å²) in [4.78, 5) is 9.97. The molecule has 0 aliphatic rings. The third-order valence-corrected chi connectivity index (χ3v) is 0.732. The average molecular weight is 380 g/mol. The summed E-state index contributed by atoms with van der Waals surface area (Å²) < 4.78 is 121. The van der Waals surface area contributed by atoms with Crippen molar-refractivity contribution in [2.45, 2.75) is 0 Å². The van der Waals surface area contributed by atoms with E-state index in [1.165, 1.54) is 18.4 Å². The minimum absolute atomic E-state index is 0. The fourth-order valence-corrected chi connectivity index (χ4v) is 0.400. The molecule has 140 valence electrons. The number of hydrogen-bond acceptors (Lipinski definition) is 2. The van der Waals surface area contributed by atoms with Gasteiger partial charge >= 0.3 is 46.6 Å². The van der Waals surface area contributed by atoms with Gasteiger partial charge in [0.15, 0.2) is 0 Å². The van der Waals surface area contributed by atoms with Crippen molar-refractivity contribution in [1.29, 1.82) is 0 Å². The molecule has 0 saturated heterocycles. The first-order chi connectivity index (χ1) is 9.80. The zero-order valence-electron chi connectivity index (χ0n) is 12.3. The van der Waals surface area contributed by atoms with Crippen molar-refractivity contribution >= 4 is 27.7 Å². The van der Waals surface area contributed by atoms with Crippen LogP contribution in [0.15, 0.2) is 22.8 Å². The standard InChI is InChI=1S/C5H4O3.3BF4.Li.H/c6-5(7)4-2-1-3-8-4;3*2-1(3,4)5;;/h1-3H,(H,6,7);;;;;/q;3*-1;+1;-1. The van der Waals surface area contributed by atoms with Gasteiger partial charge in [0.25, 0.3) is 0 Å². The molecular weight excluding hydrogens is 375 g/mol. The number of furan rings is 1. The first-order valence-electron chi connectivity index (χ1n) is 4.69. The SMILES string of the molecule is F[B-](F)(F)F.F[B-](F)(F)F.F[B-](F)(F)F.O=C(O)c1ccco1.[H-].[Li+]. The number of halogens is 12. The number of carboxylic acids is 1. The molecule has 0 atom stereocenters. The van der Waals surface area contributed by atoms with E-state index in [4.69, 9.17) is 5.11 Å².